The molecule has 2 heterocycles. The Balaban J connectivity index is 1.56. The van der Waals surface area contributed by atoms with Gasteiger partial charge >= 0.3 is 0 Å². The molecule has 5 heteroatoms. The van der Waals surface area contributed by atoms with E-state index in [-0.39, 0.29) is 11.9 Å². The molecule has 0 bridgehead atoms. The standard InChI is InChI=1S/C21H20BrN3O/c1-15-12-13-23-25(15)19-10-6-17(7-11-19)21(26)24-14-2-3-20(24)16-4-8-18(22)9-5-16/h4-13,20H,2-3,14H2,1H3. The number of aromatic nitrogens is 2. The summed E-state index contributed by atoms with van der Waals surface area (Å²) in [6.07, 6.45) is 3.83. The van der Waals surface area contributed by atoms with Gasteiger partial charge in [0.2, 0.25) is 0 Å². The van der Waals surface area contributed by atoms with Crippen molar-refractivity contribution < 1.29 is 4.79 Å². The highest BCUT2D eigenvalue weighted by atomic mass is 79.9. The number of likely N-dealkylation sites (tertiary alicyclic amines) is 1. The number of aryl methyl sites for hydroxylation is 1. The van der Waals surface area contributed by atoms with Crippen molar-refractivity contribution in [1.82, 2.24) is 14.7 Å². The molecule has 2 aromatic carbocycles. The molecule has 3 aromatic rings. The SMILES string of the molecule is Cc1ccnn1-c1ccc(C(=O)N2CCCC2c2ccc(Br)cc2)cc1. The van der Waals surface area contributed by atoms with Crippen molar-refractivity contribution in [3.63, 3.8) is 0 Å². The first-order valence-corrected chi connectivity index (χ1v) is 9.60. The second-order valence-corrected chi connectivity index (χ2v) is 7.56. The van der Waals surface area contributed by atoms with Crippen LogP contribution in [-0.4, -0.2) is 27.1 Å². The molecule has 1 aromatic heterocycles. The van der Waals surface area contributed by atoms with Crippen LogP contribution < -0.4 is 0 Å². The number of rotatable bonds is 3. The Morgan fingerprint density at radius 1 is 1.08 bits per heavy atom. The Kier molecular flexibility index (Phi) is 4.64. The van der Waals surface area contributed by atoms with Gasteiger partial charge in [0, 0.05) is 28.5 Å². The van der Waals surface area contributed by atoms with Gasteiger partial charge in [0.25, 0.3) is 5.91 Å². The number of amides is 1. The van der Waals surface area contributed by atoms with Crippen LogP contribution in [-0.2, 0) is 0 Å². The van der Waals surface area contributed by atoms with Gasteiger partial charge in [-0.3, -0.25) is 4.79 Å². The van der Waals surface area contributed by atoms with E-state index in [9.17, 15) is 4.79 Å². The van der Waals surface area contributed by atoms with Crippen LogP contribution in [0.5, 0.6) is 0 Å². The van der Waals surface area contributed by atoms with Crippen LogP contribution >= 0.6 is 15.9 Å². The molecule has 0 spiro atoms. The predicted octanol–water partition coefficient (Wildman–Crippen LogP) is 4.92. The van der Waals surface area contributed by atoms with Crippen molar-refractivity contribution in [2.24, 2.45) is 0 Å². The lowest BCUT2D eigenvalue weighted by atomic mass is 10.0. The van der Waals surface area contributed by atoms with E-state index in [1.54, 1.807) is 6.20 Å². The second-order valence-electron chi connectivity index (χ2n) is 6.64. The fourth-order valence-corrected chi connectivity index (χ4v) is 3.86. The normalized spacial score (nSPS) is 16.8. The van der Waals surface area contributed by atoms with Gasteiger partial charge < -0.3 is 4.90 Å². The van der Waals surface area contributed by atoms with Crippen LogP contribution in [0.25, 0.3) is 5.69 Å². The first kappa shape index (κ1) is 17.0. The van der Waals surface area contributed by atoms with Crippen molar-refractivity contribution in [3.8, 4) is 5.69 Å². The zero-order valence-electron chi connectivity index (χ0n) is 14.6. The molecule has 0 saturated carbocycles. The maximum atomic E-state index is 13.1. The minimum Gasteiger partial charge on any atom is -0.332 e. The fourth-order valence-electron chi connectivity index (χ4n) is 3.59. The number of carbonyl (C=O) groups is 1. The second kappa shape index (κ2) is 7.08. The predicted molar refractivity (Wildman–Crippen MR) is 105 cm³/mol. The summed E-state index contributed by atoms with van der Waals surface area (Å²) in [4.78, 5) is 15.1. The Morgan fingerprint density at radius 3 is 2.46 bits per heavy atom. The first-order chi connectivity index (χ1) is 12.6. The van der Waals surface area contributed by atoms with Gasteiger partial charge in [-0.2, -0.15) is 5.10 Å². The van der Waals surface area contributed by atoms with E-state index in [2.05, 4.69) is 33.2 Å². The fraction of sp³-hybridized carbons (Fsp3) is 0.238. The van der Waals surface area contributed by atoms with Crippen LogP contribution in [0.3, 0.4) is 0 Å². The van der Waals surface area contributed by atoms with Crippen LogP contribution in [0, 0.1) is 6.92 Å². The summed E-state index contributed by atoms with van der Waals surface area (Å²) in [5, 5.41) is 4.31. The summed E-state index contributed by atoms with van der Waals surface area (Å²) in [7, 11) is 0. The van der Waals surface area contributed by atoms with E-state index < -0.39 is 0 Å². The molecule has 0 N–H and O–H groups in total. The molecular formula is C21H20BrN3O. The average Bonchev–Trinajstić information content (AvgIpc) is 3.31. The molecule has 1 saturated heterocycles. The van der Waals surface area contributed by atoms with Gasteiger partial charge in [-0.15, -0.1) is 0 Å². The zero-order valence-corrected chi connectivity index (χ0v) is 16.2. The molecule has 132 valence electrons. The lowest BCUT2D eigenvalue weighted by Crippen LogP contribution is -2.30. The summed E-state index contributed by atoms with van der Waals surface area (Å²) in [6.45, 7) is 2.82. The Morgan fingerprint density at radius 2 is 1.81 bits per heavy atom. The third-order valence-corrected chi connectivity index (χ3v) is 5.49. The van der Waals surface area contributed by atoms with E-state index >= 15 is 0 Å². The number of nitrogens with zero attached hydrogens (tertiary/aromatic N) is 3. The van der Waals surface area contributed by atoms with Gasteiger partial charge in [-0.05, 0) is 67.8 Å². The molecule has 4 nitrogen and oxygen atoms in total. The smallest absolute Gasteiger partial charge is 0.254 e. The van der Waals surface area contributed by atoms with Crippen molar-refractivity contribution >= 4 is 21.8 Å². The summed E-state index contributed by atoms with van der Waals surface area (Å²) in [5.41, 5.74) is 3.96. The molecule has 1 fully saturated rings. The number of benzene rings is 2. The quantitative estimate of drug-likeness (QED) is 0.615. The molecule has 1 amide bonds. The number of halogens is 1. The van der Waals surface area contributed by atoms with Gasteiger partial charge in [-0.25, -0.2) is 4.68 Å². The third-order valence-electron chi connectivity index (χ3n) is 4.96. The molecule has 4 rings (SSSR count). The topological polar surface area (TPSA) is 38.1 Å². The first-order valence-electron chi connectivity index (χ1n) is 8.81. The highest BCUT2D eigenvalue weighted by molar-refractivity contribution is 9.10. The van der Waals surface area contributed by atoms with Gasteiger partial charge in [-0.1, -0.05) is 28.1 Å². The molecule has 1 aliphatic heterocycles. The Labute approximate surface area is 161 Å². The highest BCUT2D eigenvalue weighted by Gasteiger charge is 2.30. The minimum atomic E-state index is 0.0964. The van der Waals surface area contributed by atoms with Gasteiger partial charge in [0.15, 0.2) is 0 Å². The maximum absolute atomic E-state index is 13.1. The highest BCUT2D eigenvalue weighted by Crippen LogP contribution is 2.33. The van der Waals surface area contributed by atoms with E-state index in [1.165, 1.54) is 5.56 Å². The monoisotopic (exact) mass is 409 g/mol. The largest absolute Gasteiger partial charge is 0.332 e. The van der Waals surface area contributed by atoms with Crippen molar-refractivity contribution in [1.29, 1.82) is 0 Å². The number of carbonyl (C=O) groups excluding carboxylic acids is 1. The van der Waals surface area contributed by atoms with E-state index in [0.717, 1.165) is 40.8 Å². The summed E-state index contributed by atoms with van der Waals surface area (Å²) >= 11 is 3.48. The average molecular weight is 410 g/mol. The molecule has 0 aliphatic carbocycles. The Hall–Kier alpha value is -2.40. The molecule has 26 heavy (non-hydrogen) atoms. The van der Waals surface area contributed by atoms with Crippen molar-refractivity contribution in [2.45, 2.75) is 25.8 Å². The van der Waals surface area contributed by atoms with E-state index in [0.29, 0.717) is 0 Å². The van der Waals surface area contributed by atoms with Crippen LogP contribution in [0.2, 0.25) is 0 Å². The van der Waals surface area contributed by atoms with E-state index in [1.807, 2.05) is 59.0 Å². The zero-order chi connectivity index (χ0) is 18.1. The molecule has 0 radical (unpaired) electrons. The molecule has 1 aliphatic rings. The van der Waals surface area contributed by atoms with E-state index in [4.69, 9.17) is 0 Å². The van der Waals surface area contributed by atoms with Crippen molar-refractivity contribution in [2.75, 3.05) is 6.54 Å². The lowest BCUT2D eigenvalue weighted by Gasteiger charge is -2.25. The maximum Gasteiger partial charge on any atom is 0.254 e. The van der Waals surface area contributed by atoms with Crippen molar-refractivity contribution in [3.05, 3.63) is 82.1 Å². The Bertz CT molecular complexity index is 915. The van der Waals surface area contributed by atoms with Gasteiger partial charge in [0.05, 0.1) is 11.7 Å². The molecule has 1 unspecified atom stereocenters. The van der Waals surface area contributed by atoms with Crippen LogP contribution in [0.4, 0.5) is 0 Å². The number of hydrogen-bond acceptors (Lipinski definition) is 2. The lowest BCUT2D eigenvalue weighted by molar-refractivity contribution is 0.0735. The summed E-state index contributed by atoms with van der Waals surface area (Å²) < 4.78 is 2.93. The minimum absolute atomic E-state index is 0.0964. The number of hydrogen-bond donors (Lipinski definition) is 0. The van der Waals surface area contributed by atoms with Gasteiger partial charge in [0.1, 0.15) is 0 Å². The summed E-state index contributed by atoms with van der Waals surface area (Å²) in [6, 6.07) is 18.1. The third kappa shape index (κ3) is 3.19. The molecular weight excluding hydrogens is 390 g/mol. The molecule has 1 atom stereocenters. The van der Waals surface area contributed by atoms with Crippen LogP contribution in [0.1, 0.15) is 40.5 Å². The van der Waals surface area contributed by atoms with Crippen LogP contribution in [0.15, 0.2) is 65.3 Å². The summed E-state index contributed by atoms with van der Waals surface area (Å²) in [5.74, 6) is 0.0964.